The molecule has 2 aliphatic heterocycles. The van der Waals surface area contributed by atoms with Gasteiger partial charge in [-0.15, -0.1) is 0 Å². The first-order valence-corrected chi connectivity index (χ1v) is 9.24. The van der Waals surface area contributed by atoms with Crippen LogP contribution in [-0.2, 0) is 22.4 Å². The third-order valence-electron chi connectivity index (χ3n) is 5.03. The van der Waals surface area contributed by atoms with Crippen molar-refractivity contribution in [1.82, 2.24) is 14.9 Å². The maximum Gasteiger partial charge on any atom is 0.219 e. The van der Waals surface area contributed by atoms with Crippen molar-refractivity contribution in [2.24, 2.45) is 0 Å². The van der Waals surface area contributed by atoms with Crippen LogP contribution in [0, 0.1) is 0 Å². The van der Waals surface area contributed by atoms with Gasteiger partial charge in [-0.1, -0.05) is 0 Å². The first kappa shape index (κ1) is 17.0. The molecule has 0 aliphatic carbocycles. The van der Waals surface area contributed by atoms with Gasteiger partial charge in [0.15, 0.2) is 11.6 Å². The molecular formula is C19H24N4O3. The zero-order valence-electron chi connectivity index (χ0n) is 15.1. The van der Waals surface area contributed by atoms with Crippen molar-refractivity contribution < 1.29 is 13.9 Å². The monoisotopic (exact) mass is 356 g/mol. The summed E-state index contributed by atoms with van der Waals surface area (Å²) in [6.07, 6.45) is 4.14. The van der Waals surface area contributed by atoms with Crippen LogP contribution in [0.15, 0.2) is 22.8 Å². The molecule has 0 atom stereocenters. The van der Waals surface area contributed by atoms with Gasteiger partial charge < -0.3 is 19.0 Å². The zero-order valence-corrected chi connectivity index (χ0v) is 15.1. The maximum atomic E-state index is 11.8. The smallest absolute Gasteiger partial charge is 0.219 e. The third-order valence-corrected chi connectivity index (χ3v) is 5.03. The number of anilines is 1. The number of amides is 1. The van der Waals surface area contributed by atoms with Gasteiger partial charge in [0.2, 0.25) is 5.91 Å². The summed E-state index contributed by atoms with van der Waals surface area (Å²) >= 11 is 0. The largest absolute Gasteiger partial charge is 0.461 e. The highest BCUT2D eigenvalue weighted by Crippen LogP contribution is 2.29. The van der Waals surface area contributed by atoms with Crippen molar-refractivity contribution in [3.05, 3.63) is 29.7 Å². The molecule has 4 heterocycles. The number of hydrogen-bond acceptors (Lipinski definition) is 6. The van der Waals surface area contributed by atoms with Crippen LogP contribution in [0.3, 0.4) is 0 Å². The van der Waals surface area contributed by atoms with Gasteiger partial charge in [-0.05, 0) is 25.0 Å². The Balaban J connectivity index is 1.75. The van der Waals surface area contributed by atoms with Crippen molar-refractivity contribution in [1.29, 1.82) is 0 Å². The number of carbonyl (C=O) groups excluding carboxylic acids is 1. The Kier molecular flexibility index (Phi) is 4.88. The molecule has 0 radical (unpaired) electrons. The lowest BCUT2D eigenvalue weighted by atomic mass is 10.1. The van der Waals surface area contributed by atoms with Crippen molar-refractivity contribution in [2.45, 2.75) is 26.2 Å². The molecule has 2 aliphatic rings. The van der Waals surface area contributed by atoms with Crippen LogP contribution >= 0.6 is 0 Å². The second kappa shape index (κ2) is 7.45. The molecule has 2 aromatic rings. The van der Waals surface area contributed by atoms with Crippen molar-refractivity contribution >= 4 is 11.7 Å². The minimum Gasteiger partial charge on any atom is -0.461 e. The molecule has 2 aromatic heterocycles. The van der Waals surface area contributed by atoms with Crippen LogP contribution in [0.1, 0.15) is 24.6 Å². The van der Waals surface area contributed by atoms with E-state index in [0.717, 1.165) is 56.0 Å². The number of fused-ring (bicyclic) bond motifs is 1. The van der Waals surface area contributed by atoms with Crippen LogP contribution in [0.5, 0.6) is 0 Å². The lowest BCUT2D eigenvalue weighted by Crippen LogP contribution is -2.31. The quantitative estimate of drug-likeness (QED) is 0.819. The Morgan fingerprint density at radius 3 is 2.81 bits per heavy atom. The van der Waals surface area contributed by atoms with Crippen LogP contribution in [0.25, 0.3) is 11.6 Å². The molecule has 0 aromatic carbocycles. The number of hydrogen-bond donors (Lipinski definition) is 0. The van der Waals surface area contributed by atoms with E-state index >= 15 is 0 Å². The van der Waals surface area contributed by atoms with Crippen molar-refractivity contribution in [3.63, 3.8) is 0 Å². The second-order valence-electron chi connectivity index (χ2n) is 6.73. The summed E-state index contributed by atoms with van der Waals surface area (Å²) in [7, 11) is 0. The average Bonchev–Trinajstić information content (AvgIpc) is 2.91. The highest BCUT2D eigenvalue weighted by atomic mass is 16.5. The van der Waals surface area contributed by atoms with Crippen LogP contribution < -0.4 is 4.90 Å². The molecule has 4 rings (SSSR count). The second-order valence-corrected chi connectivity index (χ2v) is 6.73. The Hall–Kier alpha value is -2.41. The maximum absolute atomic E-state index is 11.8. The van der Waals surface area contributed by atoms with E-state index in [1.165, 1.54) is 0 Å². The number of carbonyl (C=O) groups is 1. The van der Waals surface area contributed by atoms with Crippen molar-refractivity contribution in [3.8, 4) is 11.6 Å². The van der Waals surface area contributed by atoms with Gasteiger partial charge in [-0.3, -0.25) is 4.79 Å². The van der Waals surface area contributed by atoms with Gasteiger partial charge in [0.25, 0.3) is 0 Å². The topological polar surface area (TPSA) is 71.7 Å². The fraction of sp³-hybridized carbons (Fsp3) is 0.526. The lowest BCUT2D eigenvalue weighted by molar-refractivity contribution is -0.128. The predicted octanol–water partition coefficient (Wildman–Crippen LogP) is 1.91. The van der Waals surface area contributed by atoms with Crippen LogP contribution in [-0.4, -0.2) is 60.2 Å². The molecule has 7 nitrogen and oxygen atoms in total. The lowest BCUT2D eigenvalue weighted by Gasteiger charge is -2.25. The summed E-state index contributed by atoms with van der Waals surface area (Å²) in [6, 6.07) is 3.73. The molecule has 0 unspecified atom stereocenters. The van der Waals surface area contributed by atoms with E-state index in [-0.39, 0.29) is 5.91 Å². The Morgan fingerprint density at radius 2 is 2.00 bits per heavy atom. The molecule has 7 heteroatoms. The molecule has 0 bridgehead atoms. The van der Waals surface area contributed by atoms with Crippen LogP contribution in [0.4, 0.5) is 5.82 Å². The summed E-state index contributed by atoms with van der Waals surface area (Å²) in [5, 5.41) is 0. The number of nitrogens with zero attached hydrogens (tertiary/aromatic N) is 4. The number of ether oxygens (including phenoxy) is 1. The summed E-state index contributed by atoms with van der Waals surface area (Å²) in [4.78, 5) is 25.7. The van der Waals surface area contributed by atoms with E-state index in [1.807, 2.05) is 17.0 Å². The van der Waals surface area contributed by atoms with E-state index in [4.69, 9.17) is 19.1 Å². The number of furan rings is 1. The van der Waals surface area contributed by atoms with Gasteiger partial charge in [0, 0.05) is 51.7 Å². The SMILES string of the molecule is CC(=O)N1CCc2nc(-c3ccco3)nc(N3CCCOCC3)c2CC1. The minimum absolute atomic E-state index is 0.113. The third kappa shape index (κ3) is 3.44. The average molecular weight is 356 g/mol. The summed E-state index contributed by atoms with van der Waals surface area (Å²) < 4.78 is 11.1. The first-order chi connectivity index (χ1) is 12.7. The Morgan fingerprint density at radius 1 is 1.12 bits per heavy atom. The number of aromatic nitrogens is 2. The molecule has 0 N–H and O–H groups in total. The molecule has 26 heavy (non-hydrogen) atoms. The van der Waals surface area contributed by atoms with Gasteiger partial charge in [0.1, 0.15) is 5.82 Å². The molecule has 138 valence electrons. The van der Waals surface area contributed by atoms with Gasteiger partial charge in [-0.25, -0.2) is 9.97 Å². The molecule has 0 spiro atoms. The van der Waals surface area contributed by atoms with E-state index < -0.39 is 0 Å². The Labute approximate surface area is 153 Å². The number of rotatable bonds is 2. The highest BCUT2D eigenvalue weighted by molar-refractivity contribution is 5.73. The van der Waals surface area contributed by atoms with E-state index in [2.05, 4.69) is 4.90 Å². The molecular weight excluding hydrogens is 332 g/mol. The molecule has 1 fully saturated rings. The van der Waals surface area contributed by atoms with E-state index in [1.54, 1.807) is 13.2 Å². The predicted molar refractivity (Wildman–Crippen MR) is 97.0 cm³/mol. The van der Waals surface area contributed by atoms with E-state index in [9.17, 15) is 4.79 Å². The molecule has 1 amide bonds. The summed E-state index contributed by atoms with van der Waals surface area (Å²) in [5.41, 5.74) is 2.18. The fourth-order valence-corrected chi connectivity index (χ4v) is 3.63. The normalized spacial score (nSPS) is 18.2. The van der Waals surface area contributed by atoms with Gasteiger partial charge in [-0.2, -0.15) is 0 Å². The summed E-state index contributed by atoms with van der Waals surface area (Å²) in [6.45, 7) is 6.25. The standard InChI is InChI=1S/C19H24N4O3/c1-14(24)22-8-5-15-16(6-9-22)20-18(17-4-2-12-26-17)21-19(15)23-7-3-11-25-13-10-23/h2,4,12H,3,5-11,13H2,1H3. The first-order valence-electron chi connectivity index (χ1n) is 9.24. The fourth-order valence-electron chi connectivity index (χ4n) is 3.63. The molecule has 1 saturated heterocycles. The zero-order chi connectivity index (χ0) is 17.9. The van der Waals surface area contributed by atoms with Crippen LogP contribution in [0.2, 0.25) is 0 Å². The van der Waals surface area contributed by atoms with Gasteiger partial charge in [0.05, 0.1) is 18.6 Å². The van der Waals surface area contributed by atoms with Crippen molar-refractivity contribution in [2.75, 3.05) is 44.3 Å². The van der Waals surface area contributed by atoms with Gasteiger partial charge >= 0.3 is 0 Å². The highest BCUT2D eigenvalue weighted by Gasteiger charge is 2.25. The molecule has 0 saturated carbocycles. The minimum atomic E-state index is 0.113. The Bertz CT molecular complexity index is 767. The van der Waals surface area contributed by atoms with E-state index in [0.29, 0.717) is 31.3 Å². The summed E-state index contributed by atoms with van der Waals surface area (Å²) in [5.74, 6) is 2.37.